The van der Waals surface area contributed by atoms with Crippen LogP contribution in [-0.4, -0.2) is 19.7 Å². The Balaban J connectivity index is 1.83. The molecule has 2 heterocycles. The highest BCUT2D eigenvalue weighted by Gasteiger charge is 2.05. The largest absolute Gasteiger partial charge is 0.265 e. The first-order valence-corrected chi connectivity index (χ1v) is 7.01. The Morgan fingerprint density at radius 3 is 2.85 bits per heavy atom. The van der Waals surface area contributed by atoms with E-state index in [1.165, 1.54) is 5.56 Å². The van der Waals surface area contributed by atoms with Gasteiger partial charge in [0.1, 0.15) is 12.0 Å². The average Bonchev–Trinajstić information content (AvgIpc) is 2.87. The maximum Gasteiger partial charge on any atom is 0.185 e. The number of hydrogen-bond acceptors (Lipinski definition) is 3. The van der Waals surface area contributed by atoms with Crippen molar-refractivity contribution in [2.75, 3.05) is 0 Å². The van der Waals surface area contributed by atoms with E-state index in [4.69, 9.17) is 0 Å². The predicted octanol–water partition coefficient (Wildman–Crippen LogP) is 3.02. The summed E-state index contributed by atoms with van der Waals surface area (Å²) >= 11 is 0. The molecule has 0 bridgehead atoms. The molecule has 0 N–H and O–H groups in total. The Bertz CT molecular complexity index is 688. The average molecular weight is 265 g/mol. The van der Waals surface area contributed by atoms with E-state index >= 15 is 0 Å². The summed E-state index contributed by atoms with van der Waals surface area (Å²) < 4.78 is 1.90. The molecular weight excluding hydrogens is 248 g/mol. The molecule has 0 amide bonds. The first-order chi connectivity index (χ1) is 9.85. The van der Waals surface area contributed by atoms with Gasteiger partial charge in [-0.25, -0.2) is 9.97 Å². The molecule has 0 spiro atoms. The summed E-state index contributed by atoms with van der Waals surface area (Å²) in [5.74, 6) is 0.837. The van der Waals surface area contributed by atoms with Gasteiger partial charge in [-0.3, -0.25) is 4.68 Å². The summed E-state index contributed by atoms with van der Waals surface area (Å²) in [6, 6.07) is 10.3. The van der Waals surface area contributed by atoms with Gasteiger partial charge in [0.15, 0.2) is 5.65 Å². The minimum Gasteiger partial charge on any atom is -0.265 e. The molecule has 0 atom stereocenters. The van der Waals surface area contributed by atoms with E-state index in [0.717, 1.165) is 42.7 Å². The van der Waals surface area contributed by atoms with Gasteiger partial charge in [-0.15, -0.1) is 0 Å². The SMILES string of the molecule is CCCCc1n[c]c2cn(Cc3ccccc3)nc2n1. The van der Waals surface area contributed by atoms with E-state index < -0.39 is 0 Å². The maximum atomic E-state index is 4.51. The Labute approximate surface area is 118 Å². The predicted molar refractivity (Wildman–Crippen MR) is 78.3 cm³/mol. The highest BCUT2D eigenvalue weighted by molar-refractivity contribution is 5.71. The molecule has 0 fully saturated rings. The second-order valence-electron chi connectivity index (χ2n) is 4.90. The zero-order valence-electron chi connectivity index (χ0n) is 11.6. The number of fused-ring (bicyclic) bond motifs is 1. The highest BCUT2D eigenvalue weighted by atomic mass is 15.3. The van der Waals surface area contributed by atoms with Crippen LogP contribution in [-0.2, 0) is 13.0 Å². The molecule has 4 heteroatoms. The number of rotatable bonds is 5. The van der Waals surface area contributed by atoms with Gasteiger partial charge in [0.25, 0.3) is 0 Å². The van der Waals surface area contributed by atoms with Crippen molar-refractivity contribution in [3.8, 4) is 0 Å². The Hall–Kier alpha value is -2.23. The fraction of sp³-hybridized carbons (Fsp3) is 0.312. The Kier molecular flexibility index (Phi) is 3.72. The van der Waals surface area contributed by atoms with E-state index in [9.17, 15) is 0 Å². The molecule has 0 aliphatic rings. The number of nitrogens with zero attached hydrogens (tertiary/aromatic N) is 4. The van der Waals surface area contributed by atoms with Crippen molar-refractivity contribution < 1.29 is 0 Å². The first-order valence-electron chi connectivity index (χ1n) is 7.01. The van der Waals surface area contributed by atoms with Crippen LogP contribution in [0.3, 0.4) is 0 Å². The summed E-state index contributed by atoms with van der Waals surface area (Å²) in [7, 11) is 0. The van der Waals surface area contributed by atoms with Gasteiger partial charge < -0.3 is 0 Å². The van der Waals surface area contributed by atoms with Crippen LogP contribution in [0.1, 0.15) is 31.2 Å². The molecule has 2 aromatic heterocycles. The second-order valence-corrected chi connectivity index (χ2v) is 4.90. The minimum absolute atomic E-state index is 0.738. The normalized spacial score (nSPS) is 11.1. The quantitative estimate of drug-likeness (QED) is 0.712. The van der Waals surface area contributed by atoms with Crippen molar-refractivity contribution >= 4 is 11.0 Å². The fourth-order valence-corrected chi connectivity index (χ4v) is 2.14. The third kappa shape index (κ3) is 2.85. The summed E-state index contributed by atoms with van der Waals surface area (Å²) in [4.78, 5) is 8.78. The lowest BCUT2D eigenvalue weighted by molar-refractivity contribution is 0.691. The fourth-order valence-electron chi connectivity index (χ4n) is 2.14. The Morgan fingerprint density at radius 2 is 2.05 bits per heavy atom. The third-order valence-corrected chi connectivity index (χ3v) is 3.22. The molecule has 101 valence electrons. The van der Waals surface area contributed by atoms with Crippen molar-refractivity contribution in [3.05, 3.63) is 54.1 Å². The molecule has 0 aliphatic carbocycles. The number of unbranched alkanes of at least 4 members (excludes halogenated alkanes) is 1. The van der Waals surface area contributed by atoms with Gasteiger partial charge in [0, 0.05) is 12.6 Å². The van der Waals surface area contributed by atoms with Crippen LogP contribution in [0.2, 0.25) is 0 Å². The summed E-state index contributed by atoms with van der Waals surface area (Å²) in [5, 5.41) is 5.39. The molecule has 4 nitrogen and oxygen atoms in total. The number of hydrogen-bond donors (Lipinski definition) is 0. The van der Waals surface area contributed by atoms with Crippen molar-refractivity contribution in [3.63, 3.8) is 0 Å². The smallest absolute Gasteiger partial charge is 0.185 e. The van der Waals surface area contributed by atoms with Crippen LogP contribution < -0.4 is 0 Å². The van der Waals surface area contributed by atoms with Crippen LogP contribution in [0.25, 0.3) is 11.0 Å². The summed E-state index contributed by atoms with van der Waals surface area (Å²) in [6.07, 6.45) is 8.13. The van der Waals surface area contributed by atoms with E-state index in [-0.39, 0.29) is 0 Å². The monoisotopic (exact) mass is 265 g/mol. The standard InChI is InChI=1S/C16H17N4/c1-2-3-9-15-17-10-14-12-20(19-16(14)18-15)11-13-7-5-4-6-8-13/h4-8,12H,2-3,9,11H2,1H3. The van der Waals surface area contributed by atoms with Gasteiger partial charge >= 0.3 is 0 Å². The van der Waals surface area contributed by atoms with Crippen LogP contribution in [0.15, 0.2) is 36.5 Å². The zero-order chi connectivity index (χ0) is 13.8. The molecular formula is C16H17N4. The number of benzene rings is 1. The topological polar surface area (TPSA) is 43.6 Å². The summed E-state index contributed by atoms with van der Waals surface area (Å²) in [6.45, 7) is 2.91. The molecule has 1 radical (unpaired) electrons. The van der Waals surface area contributed by atoms with E-state index in [2.05, 4.69) is 40.3 Å². The molecule has 20 heavy (non-hydrogen) atoms. The lowest BCUT2D eigenvalue weighted by atomic mass is 10.2. The van der Waals surface area contributed by atoms with Crippen molar-refractivity contribution in [1.82, 2.24) is 19.7 Å². The number of aryl methyl sites for hydroxylation is 1. The highest BCUT2D eigenvalue weighted by Crippen LogP contribution is 2.11. The lowest BCUT2D eigenvalue weighted by Crippen LogP contribution is -2.00. The van der Waals surface area contributed by atoms with Gasteiger partial charge in [-0.05, 0) is 12.0 Å². The van der Waals surface area contributed by atoms with E-state index in [1.807, 2.05) is 29.1 Å². The molecule has 0 saturated carbocycles. The van der Waals surface area contributed by atoms with Crippen molar-refractivity contribution in [1.29, 1.82) is 0 Å². The lowest BCUT2D eigenvalue weighted by Gasteiger charge is -1.99. The molecule has 0 aliphatic heterocycles. The molecule has 0 saturated heterocycles. The van der Waals surface area contributed by atoms with Gasteiger partial charge in [-0.1, -0.05) is 43.7 Å². The number of aromatic nitrogens is 4. The molecule has 0 unspecified atom stereocenters. The van der Waals surface area contributed by atoms with Crippen LogP contribution in [0, 0.1) is 6.20 Å². The van der Waals surface area contributed by atoms with Crippen molar-refractivity contribution in [2.24, 2.45) is 0 Å². The van der Waals surface area contributed by atoms with Crippen LogP contribution >= 0.6 is 0 Å². The van der Waals surface area contributed by atoms with Crippen LogP contribution in [0.4, 0.5) is 0 Å². The van der Waals surface area contributed by atoms with Crippen LogP contribution in [0.5, 0.6) is 0 Å². The molecule has 3 aromatic rings. The van der Waals surface area contributed by atoms with Gasteiger partial charge in [0.05, 0.1) is 11.9 Å². The zero-order valence-corrected chi connectivity index (χ0v) is 11.6. The second kappa shape index (κ2) is 5.82. The van der Waals surface area contributed by atoms with E-state index in [1.54, 1.807) is 0 Å². The van der Waals surface area contributed by atoms with E-state index in [0.29, 0.717) is 0 Å². The van der Waals surface area contributed by atoms with Gasteiger partial charge in [0.2, 0.25) is 0 Å². The minimum atomic E-state index is 0.738. The third-order valence-electron chi connectivity index (χ3n) is 3.22. The molecule has 3 rings (SSSR count). The summed E-state index contributed by atoms with van der Waals surface area (Å²) in [5.41, 5.74) is 1.96. The molecule has 1 aromatic carbocycles. The maximum absolute atomic E-state index is 4.51. The Morgan fingerprint density at radius 1 is 1.20 bits per heavy atom. The van der Waals surface area contributed by atoms with Gasteiger partial charge in [-0.2, -0.15) is 5.10 Å². The first kappa shape index (κ1) is 12.8. The van der Waals surface area contributed by atoms with Crippen molar-refractivity contribution in [2.45, 2.75) is 32.7 Å².